The van der Waals surface area contributed by atoms with Gasteiger partial charge in [-0.15, -0.1) is 0 Å². The van der Waals surface area contributed by atoms with Gasteiger partial charge in [-0.2, -0.15) is 18.9 Å². The lowest BCUT2D eigenvalue weighted by Gasteiger charge is -2.26. The van der Waals surface area contributed by atoms with Gasteiger partial charge in [0.2, 0.25) is 0 Å². The number of nitrogens with zero attached hydrogens (tertiary/aromatic N) is 1. The Bertz CT molecular complexity index is 188. The van der Waals surface area contributed by atoms with Crippen molar-refractivity contribution in [2.75, 3.05) is 26.3 Å². The van der Waals surface area contributed by atoms with Crippen molar-refractivity contribution in [2.45, 2.75) is 0 Å². The van der Waals surface area contributed by atoms with E-state index in [1.54, 1.807) is 0 Å². The highest BCUT2D eigenvalue weighted by atomic mass is 31.2. The van der Waals surface area contributed by atoms with Crippen LogP contribution in [-0.4, -0.2) is 31.4 Å². The summed E-state index contributed by atoms with van der Waals surface area (Å²) in [6.45, 7) is 1.87. The average Bonchev–Trinajstić information content (AvgIpc) is 2.19. The summed E-state index contributed by atoms with van der Waals surface area (Å²) in [6, 6.07) is 0. The van der Waals surface area contributed by atoms with E-state index in [9.17, 15) is 4.57 Å². The minimum atomic E-state index is -3.82. The van der Waals surface area contributed by atoms with Crippen molar-refractivity contribution in [2.24, 2.45) is 11.8 Å². The fraction of sp³-hybridized carbons (Fsp3) is 1.00. The molecular weight excluding hydrogens is 201 g/mol. The van der Waals surface area contributed by atoms with Gasteiger partial charge in [0.25, 0.3) is 0 Å². The molecule has 0 amide bonds. The zero-order chi connectivity index (χ0) is 9.73. The molecule has 0 atom stereocenters. The summed E-state index contributed by atoms with van der Waals surface area (Å²) in [5.41, 5.74) is 0. The van der Waals surface area contributed by atoms with Gasteiger partial charge in [-0.1, -0.05) is 0 Å². The molecule has 1 saturated heterocycles. The van der Waals surface area contributed by atoms with E-state index in [1.807, 2.05) is 0 Å². The van der Waals surface area contributed by atoms with Gasteiger partial charge >= 0.3 is 7.82 Å². The van der Waals surface area contributed by atoms with Crippen LogP contribution < -0.4 is 11.8 Å². The van der Waals surface area contributed by atoms with Crippen molar-refractivity contribution < 1.29 is 23.2 Å². The Kier molecular flexibility index (Phi) is 4.23. The molecule has 0 saturated carbocycles. The maximum atomic E-state index is 11.2. The number of ether oxygens (including phenoxy) is 1. The number of rotatable bonds is 4. The Morgan fingerprint density at radius 3 is 2.23 bits per heavy atom. The molecule has 0 aromatic carbocycles. The van der Waals surface area contributed by atoms with E-state index in [-0.39, 0.29) is 0 Å². The zero-order valence-corrected chi connectivity index (χ0v) is 7.81. The molecule has 1 fully saturated rings. The first-order chi connectivity index (χ1) is 6.20. The first-order valence-corrected chi connectivity index (χ1v) is 5.05. The van der Waals surface area contributed by atoms with Crippen molar-refractivity contribution in [1.82, 2.24) is 5.06 Å². The van der Waals surface area contributed by atoms with Crippen LogP contribution in [0.1, 0.15) is 0 Å². The monoisotopic (exact) mass is 213 g/mol. The maximum Gasteiger partial charge on any atom is 0.524 e. The third kappa shape index (κ3) is 3.29. The van der Waals surface area contributed by atoms with Crippen LogP contribution in [0.5, 0.6) is 0 Å². The van der Waals surface area contributed by atoms with Crippen molar-refractivity contribution >= 4 is 7.82 Å². The molecule has 0 unspecified atom stereocenters. The molecule has 9 heteroatoms. The summed E-state index contributed by atoms with van der Waals surface area (Å²) in [5.74, 6) is 9.37. The van der Waals surface area contributed by atoms with E-state index >= 15 is 0 Å². The normalized spacial score (nSPS) is 20.5. The lowest BCUT2D eigenvalue weighted by molar-refractivity contribution is -0.139. The first-order valence-electron chi connectivity index (χ1n) is 3.59. The predicted octanol–water partition coefficient (Wildman–Crippen LogP) is -0.861. The molecule has 1 aliphatic heterocycles. The number of morpholine rings is 1. The third-order valence-corrected chi connectivity index (χ3v) is 2.39. The molecule has 0 aliphatic carbocycles. The molecular formula is C4H12N3O5P. The summed E-state index contributed by atoms with van der Waals surface area (Å²) in [4.78, 5) is 0. The standard InChI is InChI=1S/C4H12N3O5P/c5-10-13(8,11-6)12-7-1-3-9-4-2-7/h1-6H2. The molecule has 0 radical (unpaired) electrons. The number of hydrogen-bond donors (Lipinski definition) is 2. The number of hydrogen-bond acceptors (Lipinski definition) is 8. The molecule has 0 bridgehead atoms. The van der Waals surface area contributed by atoms with E-state index in [4.69, 9.17) is 9.36 Å². The third-order valence-electron chi connectivity index (χ3n) is 1.44. The van der Waals surface area contributed by atoms with Gasteiger partial charge in [-0.05, 0) is 0 Å². The lowest BCUT2D eigenvalue weighted by atomic mass is 10.5. The van der Waals surface area contributed by atoms with Gasteiger partial charge < -0.3 is 4.74 Å². The molecule has 0 aromatic heterocycles. The molecule has 0 spiro atoms. The summed E-state index contributed by atoms with van der Waals surface area (Å²) in [5, 5.41) is 1.37. The Morgan fingerprint density at radius 2 is 1.77 bits per heavy atom. The van der Waals surface area contributed by atoms with Gasteiger partial charge in [-0.25, -0.2) is 16.4 Å². The minimum Gasteiger partial charge on any atom is -0.379 e. The quantitative estimate of drug-likeness (QED) is 0.458. The number of phosphoric acid groups is 1. The summed E-state index contributed by atoms with van der Waals surface area (Å²) >= 11 is 0. The van der Waals surface area contributed by atoms with E-state index < -0.39 is 7.82 Å². The van der Waals surface area contributed by atoms with Crippen LogP contribution in [0.4, 0.5) is 0 Å². The Morgan fingerprint density at radius 1 is 1.23 bits per heavy atom. The topological polar surface area (TPSA) is 109 Å². The number of nitrogens with two attached hydrogens (primary N) is 2. The summed E-state index contributed by atoms with van der Waals surface area (Å²) < 4.78 is 29.0. The Labute approximate surface area is 75.1 Å². The van der Waals surface area contributed by atoms with E-state index in [2.05, 4.69) is 21.0 Å². The average molecular weight is 213 g/mol. The van der Waals surface area contributed by atoms with Gasteiger partial charge in [-0.3, -0.25) is 0 Å². The smallest absolute Gasteiger partial charge is 0.379 e. The molecule has 1 aliphatic rings. The second-order valence-electron chi connectivity index (χ2n) is 2.28. The van der Waals surface area contributed by atoms with Crippen LogP contribution in [0.15, 0.2) is 0 Å². The van der Waals surface area contributed by atoms with Crippen LogP contribution in [0.3, 0.4) is 0 Å². The van der Waals surface area contributed by atoms with E-state index in [1.165, 1.54) is 5.06 Å². The lowest BCUT2D eigenvalue weighted by Crippen LogP contribution is -2.36. The Hall–Kier alpha value is -0.0500. The van der Waals surface area contributed by atoms with Gasteiger partial charge in [0, 0.05) is 13.1 Å². The Balaban J connectivity index is 2.40. The summed E-state index contributed by atoms with van der Waals surface area (Å²) in [6.07, 6.45) is 0. The van der Waals surface area contributed by atoms with Crippen molar-refractivity contribution in [3.8, 4) is 0 Å². The van der Waals surface area contributed by atoms with Gasteiger partial charge in [0.05, 0.1) is 13.2 Å². The second kappa shape index (κ2) is 4.99. The molecule has 78 valence electrons. The highest BCUT2D eigenvalue weighted by Gasteiger charge is 2.30. The largest absolute Gasteiger partial charge is 0.524 e. The van der Waals surface area contributed by atoms with Crippen molar-refractivity contribution in [1.29, 1.82) is 0 Å². The highest BCUT2D eigenvalue weighted by molar-refractivity contribution is 7.48. The zero-order valence-electron chi connectivity index (χ0n) is 6.92. The van der Waals surface area contributed by atoms with Crippen LogP contribution >= 0.6 is 7.82 Å². The van der Waals surface area contributed by atoms with Crippen molar-refractivity contribution in [3.63, 3.8) is 0 Å². The molecule has 13 heavy (non-hydrogen) atoms. The minimum absolute atomic E-state index is 0.455. The van der Waals surface area contributed by atoms with E-state index in [0.717, 1.165) is 0 Å². The van der Waals surface area contributed by atoms with Crippen LogP contribution in [-0.2, 0) is 23.2 Å². The first kappa shape index (κ1) is 11.0. The fourth-order valence-electron chi connectivity index (χ4n) is 0.833. The van der Waals surface area contributed by atoms with E-state index in [0.29, 0.717) is 26.3 Å². The fourth-order valence-corrected chi connectivity index (χ4v) is 1.41. The summed E-state index contributed by atoms with van der Waals surface area (Å²) in [7, 11) is -3.82. The molecule has 0 aromatic rings. The second-order valence-corrected chi connectivity index (χ2v) is 3.76. The molecule has 1 rings (SSSR count). The molecule has 1 heterocycles. The van der Waals surface area contributed by atoms with Gasteiger partial charge in [0.15, 0.2) is 0 Å². The number of hydroxylamine groups is 2. The van der Waals surface area contributed by atoms with Crippen LogP contribution in [0.25, 0.3) is 0 Å². The molecule has 8 nitrogen and oxygen atoms in total. The van der Waals surface area contributed by atoms with Crippen molar-refractivity contribution in [3.05, 3.63) is 0 Å². The van der Waals surface area contributed by atoms with Crippen LogP contribution in [0, 0.1) is 0 Å². The SMILES string of the molecule is NOP(=O)(ON)ON1CCOCC1. The van der Waals surface area contributed by atoms with Gasteiger partial charge in [0.1, 0.15) is 0 Å². The van der Waals surface area contributed by atoms with Crippen LogP contribution in [0.2, 0.25) is 0 Å². The predicted molar refractivity (Wildman–Crippen MR) is 41.6 cm³/mol. The highest BCUT2D eigenvalue weighted by Crippen LogP contribution is 2.46. The maximum absolute atomic E-state index is 11.2. The molecule has 4 N–H and O–H groups in total.